The number of fused-ring (bicyclic) bond motifs is 3. The lowest BCUT2D eigenvalue weighted by molar-refractivity contribution is -0.184. The zero-order valence-corrected chi connectivity index (χ0v) is 17.3. The molecule has 2 saturated heterocycles. The van der Waals surface area contributed by atoms with Gasteiger partial charge < -0.3 is 18.8 Å². The summed E-state index contributed by atoms with van der Waals surface area (Å²) in [4.78, 5) is 0. The van der Waals surface area contributed by atoms with Crippen LogP contribution < -0.4 is 0 Å². The predicted molar refractivity (Wildman–Crippen MR) is 97.9 cm³/mol. The summed E-state index contributed by atoms with van der Waals surface area (Å²) in [5.41, 5.74) is -5.48. The average Bonchev–Trinajstić information content (AvgIpc) is 3.09. The molecular formula is C19H29F3O6S. The molecule has 2 fully saturated rings. The third-order valence-electron chi connectivity index (χ3n) is 6.09. The van der Waals surface area contributed by atoms with E-state index in [0.717, 1.165) is 32.1 Å². The minimum Gasteiger partial charge on any atom is -0.393 e. The normalized spacial score (nSPS) is 37.1. The van der Waals surface area contributed by atoms with Gasteiger partial charge in [0.05, 0.1) is 18.3 Å². The number of alkyl halides is 3. The summed E-state index contributed by atoms with van der Waals surface area (Å²) in [6, 6.07) is 0. The van der Waals surface area contributed by atoms with Crippen LogP contribution in [0.3, 0.4) is 0 Å². The Labute approximate surface area is 169 Å². The first-order chi connectivity index (χ1) is 13.6. The summed E-state index contributed by atoms with van der Waals surface area (Å²) in [5.74, 6) is -0.955. The number of rotatable bonds is 3. The van der Waals surface area contributed by atoms with E-state index in [9.17, 15) is 26.7 Å². The first kappa shape index (κ1) is 22.8. The van der Waals surface area contributed by atoms with E-state index in [-0.39, 0.29) is 36.6 Å². The Morgan fingerprint density at radius 2 is 1.86 bits per heavy atom. The maximum Gasteiger partial charge on any atom is 0.534 e. The lowest BCUT2D eigenvalue weighted by Gasteiger charge is -2.38. The van der Waals surface area contributed by atoms with Crippen LogP contribution in [0.5, 0.6) is 0 Å². The fourth-order valence-electron chi connectivity index (χ4n) is 4.61. The van der Waals surface area contributed by atoms with Gasteiger partial charge in [0.1, 0.15) is 5.76 Å². The molecule has 0 spiro atoms. The Hall–Kier alpha value is -0.840. The third kappa shape index (κ3) is 5.45. The molecule has 3 aliphatic rings. The zero-order valence-electron chi connectivity index (χ0n) is 16.4. The van der Waals surface area contributed by atoms with Crippen molar-refractivity contribution in [2.24, 2.45) is 11.8 Å². The highest BCUT2D eigenvalue weighted by Crippen LogP contribution is 2.40. The van der Waals surface area contributed by atoms with Crippen molar-refractivity contribution in [1.29, 1.82) is 0 Å². The summed E-state index contributed by atoms with van der Waals surface area (Å²) in [6.07, 6.45) is 5.97. The summed E-state index contributed by atoms with van der Waals surface area (Å²) >= 11 is 0. The average molecular weight is 442 g/mol. The molecule has 1 aliphatic carbocycles. The number of ether oxygens (including phenoxy) is 2. The van der Waals surface area contributed by atoms with E-state index in [1.54, 1.807) is 0 Å². The first-order valence-electron chi connectivity index (χ1n) is 10.3. The van der Waals surface area contributed by atoms with Crippen LogP contribution in [0, 0.1) is 11.8 Å². The van der Waals surface area contributed by atoms with Gasteiger partial charge in [0.25, 0.3) is 0 Å². The lowest BCUT2D eigenvalue weighted by Crippen LogP contribution is -2.40. The van der Waals surface area contributed by atoms with Crippen molar-refractivity contribution in [3.8, 4) is 0 Å². The van der Waals surface area contributed by atoms with Crippen molar-refractivity contribution in [3.63, 3.8) is 0 Å². The van der Waals surface area contributed by atoms with Crippen molar-refractivity contribution in [1.82, 2.24) is 0 Å². The molecule has 0 saturated carbocycles. The van der Waals surface area contributed by atoms with Crippen LogP contribution in [-0.4, -0.2) is 43.6 Å². The van der Waals surface area contributed by atoms with Gasteiger partial charge in [-0.25, -0.2) is 0 Å². The van der Waals surface area contributed by atoms with Crippen molar-refractivity contribution in [3.05, 3.63) is 11.8 Å². The van der Waals surface area contributed by atoms with Crippen molar-refractivity contribution in [2.75, 3.05) is 0 Å². The number of allylic oxidation sites excluding steroid dienone is 1. The minimum absolute atomic E-state index is 0.0389. The van der Waals surface area contributed by atoms with E-state index in [0.29, 0.717) is 19.3 Å². The smallest absolute Gasteiger partial charge is 0.393 e. The molecule has 10 heteroatoms. The largest absolute Gasteiger partial charge is 0.534 e. The van der Waals surface area contributed by atoms with E-state index in [2.05, 4.69) is 4.18 Å². The van der Waals surface area contributed by atoms with E-state index >= 15 is 0 Å². The van der Waals surface area contributed by atoms with Crippen molar-refractivity contribution < 1.29 is 40.4 Å². The fourth-order valence-corrected chi connectivity index (χ4v) is 5.12. The highest BCUT2D eigenvalue weighted by molar-refractivity contribution is 7.87. The molecule has 4 unspecified atom stereocenters. The summed E-state index contributed by atoms with van der Waals surface area (Å²) in [7, 11) is -5.72. The summed E-state index contributed by atoms with van der Waals surface area (Å²) in [5, 5.41) is 10.8. The van der Waals surface area contributed by atoms with Gasteiger partial charge in [0.15, 0.2) is 6.29 Å². The number of aliphatic hydroxyl groups excluding tert-OH is 1. The molecule has 2 bridgehead atoms. The van der Waals surface area contributed by atoms with Gasteiger partial charge in [-0.3, -0.25) is 0 Å². The Balaban J connectivity index is 1.83. The molecule has 6 atom stereocenters. The minimum atomic E-state index is -5.72. The van der Waals surface area contributed by atoms with Gasteiger partial charge in [-0.1, -0.05) is 19.8 Å². The Morgan fingerprint density at radius 1 is 1.14 bits per heavy atom. The van der Waals surface area contributed by atoms with E-state index in [1.165, 1.54) is 6.08 Å². The fraction of sp³-hybridized carbons (Fsp3) is 0.895. The van der Waals surface area contributed by atoms with Crippen LogP contribution in [0.4, 0.5) is 13.2 Å². The zero-order chi connectivity index (χ0) is 21.2. The molecule has 29 heavy (non-hydrogen) atoms. The van der Waals surface area contributed by atoms with Gasteiger partial charge in [0, 0.05) is 18.8 Å². The Bertz CT molecular complexity index is 693. The van der Waals surface area contributed by atoms with Crippen LogP contribution in [-0.2, 0) is 23.8 Å². The van der Waals surface area contributed by atoms with Crippen molar-refractivity contribution in [2.45, 2.75) is 94.8 Å². The van der Waals surface area contributed by atoms with Gasteiger partial charge in [-0.2, -0.15) is 21.6 Å². The quantitative estimate of drug-likeness (QED) is 0.526. The second kappa shape index (κ2) is 9.11. The number of aliphatic hydroxyl groups is 1. The first-order valence-corrected chi connectivity index (χ1v) is 11.7. The van der Waals surface area contributed by atoms with Crippen LogP contribution in [0.2, 0.25) is 0 Å². The highest BCUT2D eigenvalue weighted by Gasteiger charge is 2.49. The van der Waals surface area contributed by atoms with E-state index < -0.39 is 27.6 Å². The van der Waals surface area contributed by atoms with Crippen LogP contribution >= 0.6 is 0 Å². The topological polar surface area (TPSA) is 82.1 Å². The number of halogens is 3. The SMILES string of the molecule is CCC1OC2CC[C@@H](CCCC[C@@H](O)C3C=C(OS(=O)(=O)C(F)(F)F)CCC13)O2. The summed E-state index contributed by atoms with van der Waals surface area (Å²) < 4.78 is 77.3. The molecule has 0 aromatic rings. The molecule has 2 heterocycles. The third-order valence-corrected chi connectivity index (χ3v) is 7.09. The summed E-state index contributed by atoms with van der Waals surface area (Å²) in [6.45, 7) is 1.95. The van der Waals surface area contributed by atoms with Gasteiger partial charge >= 0.3 is 15.6 Å². The van der Waals surface area contributed by atoms with Crippen LogP contribution in [0.1, 0.15) is 64.7 Å². The molecule has 1 N–H and O–H groups in total. The second-order valence-electron chi connectivity index (χ2n) is 8.10. The number of hydrogen-bond donors (Lipinski definition) is 1. The molecule has 6 nitrogen and oxygen atoms in total. The number of hydrogen-bond acceptors (Lipinski definition) is 6. The maximum atomic E-state index is 12.7. The Morgan fingerprint density at radius 3 is 2.55 bits per heavy atom. The highest BCUT2D eigenvalue weighted by atomic mass is 32.2. The predicted octanol–water partition coefficient (Wildman–Crippen LogP) is 4.00. The van der Waals surface area contributed by atoms with Gasteiger partial charge in [-0.05, 0) is 44.1 Å². The van der Waals surface area contributed by atoms with Crippen LogP contribution in [0.15, 0.2) is 11.8 Å². The molecule has 0 aromatic carbocycles. The van der Waals surface area contributed by atoms with Gasteiger partial charge in [0.2, 0.25) is 0 Å². The monoisotopic (exact) mass is 442 g/mol. The van der Waals surface area contributed by atoms with Crippen molar-refractivity contribution >= 4 is 10.1 Å². The molecule has 0 radical (unpaired) electrons. The maximum absolute atomic E-state index is 12.7. The van der Waals surface area contributed by atoms with E-state index in [1.807, 2.05) is 6.92 Å². The second-order valence-corrected chi connectivity index (χ2v) is 9.63. The van der Waals surface area contributed by atoms with E-state index in [4.69, 9.17) is 9.47 Å². The Kier molecular flexibility index (Phi) is 7.18. The van der Waals surface area contributed by atoms with Gasteiger partial charge in [-0.15, -0.1) is 0 Å². The standard InChI is InChI=1S/C19H29F3O6S/c1-2-17-14-9-7-13(28-29(24,25)19(20,21)22)11-15(14)16(23)6-4-3-5-12-8-10-18(26-12)27-17/h11-12,14-18,23H,2-10H2,1H3/t12-,14?,15?,16-,17?,18?/m1/s1. The lowest BCUT2D eigenvalue weighted by atomic mass is 9.75. The van der Waals surface area contributed by atoms with Crippen LogP contribution in [0.25, 0.3) is 0 Å². The molecule has 168 valence electrons. The molecular weight excluding hydrogens is 413 g/mol. The molecule has 0 aromatic heterocycles. The molecule has 3 rings (SSSR count). The molecule has 0 amide bonds. The molecule has 2 aliphatic heterocycles.